The topological polar surface area (TPSA) is 72.2 Å². The molecule has 0 radical (unpaired) electrons. The molecular weight excluding hydrogens is 268 g/mol. The third kappa shape index (κ3) is 2.27. The van der Waals surface area contributed by atoms with E-state index < -0.39 is 22.8 Å². The number of Topliss-reactive ketones (excluding diaryl/α,β-unsaturated/α-hetero) is 1. The van der Waals surface area contributed by atoms with Crippen molar-refractivity contribution in [2.24, 2.45) is 0 Å². The summed E-state index contributed by atoms with van der Waals surface area (Å²) in [5.74, 6) is -0.445. The maximum absolute atomic E-state index is 12.4. The first-order valence-electron chi connectivity index (χ1n) is 6.68. The number of nitro groups is 1. The van der Waals surface area contributed by atoms with Gasteiger partial charge in [0, 0.05) is 16.2 Å². The summed E-state index contributed by atoms with van der Waals surface area (Å²) in [6.07, 6.45) is 0. The quantitative estimate of drug-likeness (QED) is 0.679. The molecule has 0 fully saturated rings. The highest BCUT2D eigenvalue weighted by molar-refractivity contribution is 6.06. The molecule has 1 aliphatic rings. The number of rotatable bonds is 2. The van der Waals surface area contributed by atoms with Crippen LogP contribution in [0, 0.1) is 17.0 Å². The molecule has 3 rings (SSSR count). The van der Waals surface area contributed by atoms with Crippen LogP contribution < -0.4 is 5.32 Å². The van der Waals surface area contributed by atoms with Crippen molar-refractivity contribution in [3.63, 3.8) is 0 Å². The van der Waals surface area contributed by atoms with E-state index >= 15 is 0 Å². The number of ketones is 1. The van der Waals surface area contributed by atoms with Crippen LogP contribution in [0.25, 0.3) is 0 Å². The SMILES string of the molecule is Cc1ccc([C@H]2Nc3ccccc3C(=O)[C@@H]2[N+](=O)[O-])cc1. The molecule has 2 aromatic carbocycles. The number of nitrogens with one attached hydrogen (secondary N) is 1. The molecule has 1 aliphatic heterocycles. The fourth-order valence-electron chi connectivity index (χ4n) is 2.64. The Morgan fingerprint density at radius 1 is 1.10 bits per heavy atom. The summed E-state index contributed by atoms with van der Waals surface area (Å²) in [7, 11) is 0. The number of hydrogen-bond acceptors (Lipinski definition) is 4. The molecule has 21 heavy (non-hydrogen) atoms. The van der Waals surface area contributed by atoms with Gasteiger partial charge in [-0.05, 0) is 24.6 Å². The van der Waals surface area contributed by atoms with Gasteiger partial charge < -0.3 is 5.32 Å². The second-order valence-electron chi connectivity index (χ2n) is 5.17. The summed E-state index contributed by atoms with van der Waals surface area (Å²) in [6, 6.07) is 12.4. The van der Waals surface area contributed by atoms with Crippen LogP contribution in [-0.2, 0) is 0 Å². The number of fused-ring (bicyclic) bond motifs is 1. The number of anilines is 1. The summed E-state index contributed by atoms with van der Waals surface area (Å²) in [5, 5.41) is 14.5. The van der Waals surface area contributed by atoms with Gasteiger partial charge in [0.15, 0.2) is 0 Å². The molecule has 1 heterocycles. The summed E-state index contributed by atoms with van der Waals surface area (Å²) < 4.78 is 0. The molecule has 5 nitrogen and oxygen atoms in total. The number of para-hydroxylation sites is 1. The third-order valence-electron chi connectivity index (χ3n) is 3.75. The fourth-order valence-corrected chi connectivity index (χ4v) is 2.64. The van der Waals surface area contributed by atoms with Gasteiger partial charge >= 0.3 is 0 Å². The maximum Gasteiger partial charge on any atom is 0.298 e. The highest BCUT2D eigenvalue weighted by Crippen LogP contribution is 2.34. The van der Waals surface area contributed by atoms with E-state index in [0.29, 0.717) is 11.3 Å². The number of carbonyl (C=O) groups is 1. The van der Waals surface area contributed by atoms with Gasteiger partial charge in [0.2, 0.25) is 5.78 Å². The van der Waals surface area contributed by atoms with Crippen LogP contribution >= 0.6 is 0 Å². The first kappa shape index (κ1) is 13.3. The minimum Gasteiger partial charge on any atom is -0.371 e. The van der Waals surface area contributed by atoms with E-state index in [4.69, 9.17) is 0 Å². The van der Waals surface area contributed by atoms with Gasteiger partial charge in [0.05, 0.1) is 0 Å². The maximum atomic E-state index is 12.4. The van der Waals surface area contributed by atoms with Crippen molar-refractivity contribution in [3.05, 3.63) is 75.3 Å². The molecule has 0 aromatic heterocycles. The number of hydrogen-bond donors (Lipinski definition) is 1. The molecule has 0 bridgehead atoms. The number of nitrogens with zero attached hydrogens (tertiary/aromatic N) is 1. The highest BCUT2D eigenvalue weighted by atomic mass is 16.6. The van der Waals surface area contributed by atoms with E-state index in [-0.39, 0.29) is 0 Å². The molecule has 0 saturated carbocycles. The van der Waals surface area contributed by atoms with E-state index in [0.717, 1.165) is 11.1 Å². The predicted molar refractivity (Wildman–Crippen MR) is 79.1 cm³/mol. The fraction of sp³-hybridized carbons (Fsp3) is 0.188. The van der Waals surface area contributed by atoms with Crippen molar-refractivity contribution in [1.82, 2.24) is 0 Å². The average molecular weight is 282 g/mol. The van der Waals surface area contributed by atoms with E-state index in [1.807, 2.05) is 31.2 Å². The van der Waals surface area contributed by atoms with Crippen LogP contribution in [-0.4, -0.2) is 16.7 Å². The number of carbonyl (C=O) groups excluding carboxylic acids is 1. The zero-order chi connectivity index (χ0) is 15.0. The zero-order valence-corrected chi connectivity index (χ0v) is 11.4. The van der Waals surface area contributed by atoms with Crippen molar-refractivity contribution in [1.29, 1.82) is 0 Å². The summed E-state index contributed by atoms with van der Waals surface area (Å²) in [6.45, 7) is 1.95. The van der Waals surface area contributed by atoms with Gasteiger partial charge in [-0.1, -0.05) is 42.0 Å². The van der Waals surface area contributed by atoms with Crippen molar-refractivity contribution in [3.8, 4) is 0 Å². The smallest absolute Gasteiger partial charge is 0.298 e. The molecule has 0 aliphatic carbocycles. The van der Waals surface area contributed by atoms with Crippen LogP contribution in [0.5, 0.6) is 0 Å². The first-order chi connectivity index (χ1) is 10.1. The van der Waals surface area contributed by atoms with E-state index in [2.05, 4.69) is 5.32 Å². The Balaban J connectivity index is 2.09. The van der Waals surface area contributed by atoms with E-state index in [9.17, 15) is 14.9 Å². The molecule has 2 aromatic rings. The first-order valence-corrected chi connectivity index (χ1v) is 6.68. The van der Waals surface area contributed by atoms with Gasteiger partial charge in [-0.3, -0.25) is 14.9 Å². The highest BCUT2D eigenvalue weighted by Gasteiger charge is 2.44. The second-order valence-corrected chi connectivity index (χ2v) is 5.17. The summed E-state index contributed by atoms with van der Waals surface area (Å²) >= 11 is 0. The van der Waals surface area contributed by atoms with Crippen LogP contribution in [0.15, 0.2) is 48.5 Å². The molecule has 0 amide bonds. The Labute approximate surface area is 121 Å². The predicted octanol–water partition coefficient (Wildman–Crippen LogP) is 2.99. The number of benzene rings is 2. The largest absolute Gasteiger partial charge is 0.371 e. The summed E-state index contributed by atoms with van der Waals surface area (Å²) in [5.41, 5.74) is 2.83. The number of aryl methyl sites for hydroxylation is 1. The zero-order valence-electron chi connectivity index (χ0n) is 11.4. The minimum absolute atomic E-state index is 0.377. The van der Waals surface area contributed by atoms with Crippen molar-refractivity contribution < 1.29 is 9.72 Å². The van der Waals surface area contributed by atoms with Gasteiger partial charge in [-0.15, -0.1) is 0 Å². The van der Waals surface area contributed by atoms with E-state index in [1.54, 1.807) is 24.3 Å². The Bertz CT molecular complexity index is 710. The van der Waals surface area contributed by atoms with Gasteiger partial charge in [-0.25, -0.2) is 0 Å². The molecular formula is C16H14N2O3. The van der Waals surface area contributed by atoms with Crippen LogP contribution in [0.4, 0.5) is 5.69 Å². The second kappa shape index (κ2) is 5.01. The van der Waals surface area contributed by atoms with Gasteiger partial charge in [0.25, 0.3) is 6.04 Å². The van der Waals surface area contributed by atoms with E-state index in [1.165, 1.54) is 0 Å². The molecule has 2 atom stereocenters. The molecule has 5 heteroatoms. The Morgan fingerprint density at radius 3 is 2.43 bits per heavy atom. The Morgan fingerprint density at radius 2 is 1.76 bits per heavy atom. The van der Waals surface area contributed by atoms with Crippen LogP contribution in [0.1, 0.15) is 27.5 Å². The third-order valence-corrected chi connectivity index (χ3v) is 3.75. The average Bonchev–Trinajstić information content (AvgIpc) is 2.47. The van der Waals surface area contributed by atoms with Crippen LogP contribution in [0.2, 0.25) is 0 Å². The lowest BCUT2D eigenvalue weighted by molar-refractivity contribution is -0.508. The van der Waals surface area contributed by atoms with Gasteiger partial charge in [-0.2, -0.15) is 0 Å². The molecule has 106 valence electrons. The van der Waals surface area contributed by atoms with Crippen molar-refractivity contribution >= 4 is 11.5 Å². The minimum atomic E-state index is -1.30. The lowest BCUT2D eigenvalue weighted by Crippen LogP contribution is -2.43. The molecule has 0 unspecified atom stereocenters. The Kier molecular flexibility index (Phi) is 3.17. The van der Waals surface area contributed by atoms with Crippen molar-refractivity contribution in [2.75, 3.05) is 5.32 Å². The standard InChI is InChI=1S/C16H14N2O3/c1-10-6-8-11(9-7-10)14-15(18(20)21)16(19)12-4-2-3-5-13(12)17-14/h2-9,14-15,17H,1H3/t14-,15-/m1/s1. The van der Waals surface area contributed by atoms with Crippen LogP contribution in [0.3, 0.4) is 0 Å². The normalized spacial score (nSPS) is 20.5. The van der Waals surface area contributed by atoms with Gasteiger partial charge in [0.1, 0.15) is 6.04 Å². The lowest BCUT2D eigenvalue weighted by atomic mass is 9.88. The lowest BCUT2D eigenvalue weighted by Gasteiger charge is -2.28. The molecule has 0 saturated heterocycles. The summed E-state index contributed by atoms with van der Waals surface area (Å²) in [4.78, 5) is 23.3. The molecule has 0 spiro atoms. The Hall–Kier alpha value is -2.69. The van der Waals surface area contributed by atoms with Crippen molar-refractivity contribution in [2.45, 2.75) is 19.0 Å². The monoisotopic (exact) mass is 282 g/mol. The molecule has 1 N–H and O–H groups in total.